The Labute approximate surface area is 149 Å². The molecule has 1 unspecified atom stereocenters. The van der Waals surface area contributed by atoms with Crippen LogP contribution < -0.4 is 0 Å². The Bertz CT molecular complexity index is 620. The van der Waals surface area contributed by atoms with Crippen molar-refractivity contribution in [1.82, 2.24) is 9.80 Å². The number of nitrogens with zero attached hydrogens (tertiary/aromatic N) is 2. The van der Waals surface area contributed by atoms with E-state index in [4.69, 9.17) is 0 Å². The molecule has 5 heteroatoms. The largest absolute Gasteiger partial charge is 0.393 e. The van der Waals surface area contributed by atoms with E-state index in [1.165, 1.54) is 5.56 Å². The lowest BCUT2D eigenvalue weighted by Crippen LogP contribution is -2.58. The molecule has 3 rings (SSSR count). The van der Waals surface area contributed by atoms with Gasteiger partial charge in [0.25, 0.3) is 0 Å². The minimum absolute atomic E-state index is 0.0241. The summed E-state index contributed by atoms with van der Waals surface area (Å²) in [4.78, 5) is 29.1. The third-order valence-electron chi connectivity index (χ3n) is 5.57. The van der Waals surface area contributed by atoms with E-state index in [0.717, 1.165) is 18.4 Å². The lowest BCUT2D eigenvalue weighted by atomic mass is 9.86. The summed E-state index contributed by atoms with van der Waals surface area (Å²) >= 11 is 0. The summed E-state index contributed by atoms with van der Waals surface area (Å²) in [6, 6.07) is 7.82. The Morgan fingerprint density at radius 2 is 1.76 bits per heavy atom. The van der Waals surface area contributed by atoms with Gasteiger partial charge in [-0.3, -0.25) is 9.59 Å². The van der Waals surface area contributed by atoms with Crippen LogP contribution in [0.25, 0.3) is 0 Å². The van der Waals surface area contributed by atoms with Crippen molar-refractivity contribution >= 4 is 11.8 Å². The van der Waals surface area contributed by atoms with Crippen molar-refractivity contribution in [3.05, 3.63) is 35.4 Å². The molecule has 2 aliphatic rings. The van der Waals surface area contributed by atoms with E-state index in [2.05, 4.69) is 24.3 Å². The quantitative estimate of drug-likeness (QED) is 0.913. The molecule has 2 fully saturated rings. The predicted octanol–water partition coefficient (Wildman–Crippen LogP) is 2.11. The molecule has 1 aromatic rings. The molecular weight excluding hydrogens is 316 g/mol. The van der Waals surface area contributed by atoms with Crippen molar-refractivity contribution in [3.63, 3.8) is 0 Å². The molecule has 2 amide bonds. The fourth-order valence-electron chi connectivity index (χ4n) is 3.86. The van der Waals surface area contributed by atoms with Gasteiger partial charge in [-0.1, -0.05) is 29.8 Å². The van der Waals surface area contributed by atoms with Gasteiger partial charge in [-0.15, -0.1) is 0 Å². The number of rotatable bonds is 3. The molecule has 1 aromatic carbocycles. The molecule has 0 aromatic heterocycles. The van der Waals surface area contributed by atoms with Crippen LogP contribution in [0.3, 0.4) is 0 Å². The molecule has 1 N–H and O–H groups in total. The van der Waals surface area contributed by atoms with Gasteiger partial charge < -0.3 is 14.9 Å². The predicted molar refractivity (Wildman–Crippen MR) is 95.7 cm³/mol. The number of carbonyl (C=O) groups is 2. The number of amides is 2. The first-order chi connectivity index (χ1) is 12.0. The Balaban J connectivity index is 1.61. The monoisotopic (exact) mass is 344 g/mol. The first-order valence-corrected chi connectivity index (χ1v) is 9.28. The number of aliphatic hydroxyl groups is 1. The maximum Gasteiger partial charge on any atom is 0.245 e. The maximum atomic E-state index is 12.8. The van der Waals surface area contributed by atoms with E-state index in [1.807, 2.05) is 18.7 Å². The summed E-state index contributed by atoms with van der Waals surface area (Å²) in [5.74, 6) is 0.0704. The van der Waals surface area contributed by atoms with Crippen molar-refractivity contribution in [3.8, 4) is 0 Å². The molecule has 1 atom stereocenters. The van der Waals surface area contributed by atoms with E-state index >= 15 is 0 Å². The van der Waals surface area contributed by atoms with Gasteiger partial charge in [0.1, 0.15) is 6.04 Å². The Morgan fingerprint density at radius 3 is 2.40 bits per heavy atom. The molecule has 1 aliphatic heterocycles. The van der Waals surface area contributed by atoms with E-state index in [1.54, 1.807) is 4.90 Å². The van der Waals surface area contributed by atoms with Crippen LogP contribution in [0.4, 0.5) is 0 Å². The smallest absolute Gasteiger partial charge is 0.245 e. The summed E-state index contributed by atoms with van der Waals surface area (Å²) in [5, 5.41) is 9.62. The summed E-state index contributed by atoms with van der Waals surface area (Å²) in [7, 11) is 0. The van der Waals surface area contributed by atoms with Gasteiger partial charge >= 0.3 is 0 Å². The van der Waals surface area contributed by atoms with Crippen LogP contribution in [0.1, 0.15) is 43.7 Å². The fraction of sp³-hybridized carbons (Fsp3) is 0.600. The second-order valence-corrected chi connectivity index (χ2v) is 7.46. The van der Waals surface area contributed by atoms with Crippen LogP contribution in [0.2, 0.25) is 0 Å². The minimum Gasteiger partial charge on any atom is -0.393 e. The third-order valence-corrected chi connectivity index (χ3v) is 5.57. The average Bonchev–Trinajstić information content (AvgIpc) is 2.61. The fourth-order valence-corrected chi connectivity index (χ4v) is 3.86. The number of benzene rings is 1. The molecule has 0 radical (unpaired) electrons. The van der Waals surface area contributed by atoms with Crippen LogP contribution in [-0.4, -0.2) is 52.0 Å². The lowest BCUT2D eigenvalue weighted by molar-refractivity contribution is -0.154. The third kappa shape index (κ3) is 4.03. The zero-order chi connectivity index (χ0) is 18.0. The Kier molecular flexibility index (Phi) is 5.42. The van der Waals surface area contributed by atoms with Crippen LogP contribution >= 0.6 is 0 Å². The molecule has 1 heterocycles. The number of carbonyl (C=O) groups excluding carboxylic acids is 2. The minimum atomic E-state index is -0.404. The van der Waals surface area contributed by atoms with Crippen LogP contribution in [-0.2, 0) is 16.1 Å². The zero-order valence-electron chi connectivity index (χ0n) is 15.1. The summed E-state index contributed by atoms with van der Waals surface area (Å²) in [6.45, 7) is 5.65. The normalized spacial score (nSPS) is 27.5. The second-order valence-electron chi connectivity index (χ2n) is 7.46. The number of aryl methyl sites for hydroxylation is 1. The number of aliphatic hydroxyl groups excluding tert-OH is 1. The molecule has 1 aliphatic carbocycles. The van der Waals surface area contributed by atoms with Gasteiger partial charge in [-0.2, -0.15) is 0 Å². The molecule has 1 saturated carbocycles. The Hall–Kier alpha value is -1.88. The molecule has 0 bridgehead atoms. The molecule has 5 nitrogen and oxygen atoms in total. The summed E-state index contributed by atoms with van der Waals surface area (Å²) in [5.41, 5.74) is 2.32. The SMILES string of the molecule is Cc1ccc(CN2CCN(C(=O)C3CCC(O)CC3)C(C)C2=O)cc1. The topological polar surface area (TPSA) is 60.9 Å². The molecule has 136 valence electrons. The van der Waals surface area contributed by atoms with Gasteiger partial charge in [0.15, 0.2) is 0 Å². The first kappa shape index (κ1) is 17.9. The molecular formula is C20H28N2O3. The average molecular weight is 344 g/mol. The number of piperazine rings is 1. The van der Waals surface area contributed by atoms with Crippen LogP contribution in [0.15, 0.2) is 24.3 Å². The number of hydrogen-bond acceptors (Lipinski definition) is 3. The first-order valence-electron chi connectivity index (χ1n) is 9.28. The maximum absolute atomic E-state index is 12.8. The zero-order valence-corrected chi connectivity index (χ0v) is 15.1. The van der Waals surface area contributed by atoms with Crippen LogP contribution in [0.5, 0.6) is 0 Å². The molecule has 0 spiro atoms. The molecule has 1 saturated heterocycles. The number of hydrogen-bond donors (Lipinski definition) is 1. The van der Waals surface area contributed by atoms with Crippen molar-refractivity contribution in [2.75, 3.05) is 13.1 Å². The van der Waals surface area contributed by atoms with Crippen LogP contribution in [0, 0.1) is 12.8 Å². The second kappa shape index (κ2) is 7.56. The van der Waals surface area contributed by atoms with E-state index in [0.29, 0.717) is 32.5 Å². The van der Waals surface area contributed by atoms with Gasteiger partial charge in [-0.25, -0.2) is 0 Å². The van der Waals surface area contributed by atoms with Crippen molar-refractivity contribution in [2.45, 2.75) is 58.2 Å². The highest BCUT2D eigenvalue weighted by atomic mass is 16.3. The van der Waals surface area contributed by atoms with Gasteiger partial charge in [0.05, 0.1) is 6.10 Å². The summed E-state index contributed by atoms with van der Waals surface area (Å²) in [6.07, 6.45) is 2.56. The summed E-state index contributed by atoms with van der Waals surface area (Å²) < 4.78 is 0. The van der Waals surface area contributed by atoms with Gasteiger partial charge in [0.2, 0.25) is 11.8 Å². The highest BCUT2D eigenvalue weighted by Gasteiger charge is 2.37. The van der Waals surface area contributed by atoms with Gasteiger partial charge in [-0.05, 0) is 45.1 Å². The highest BCUT2D eigenvalue weighted by molar-refractivity contribution is 5.89. The molecule has 25 heavy (non-hydrogen) atoms. The van der Waals surface area contributed by atoms with Crippen molar-refractivity contribution < 1.29 is 14.7 Å². The van der Waals surface area contributed by atoms with E-state index < -0.39 is 6.04 Å². The van der Waals surface area contributed by atoms with Gasteiger partial charge in [0, 0.05) is 25.6 Å². The van der Waals surface area contributed by atoms with Crippen molar-refractivity contribution in [1.29, 1.82) is 0 Å². The standard InChI is InChI=1S/C20H28N2O3/c1-14-3-5-16(6-4-14)13-21-11-12-22(15(2)19(21)24)20(25)17-7-9-18(23)10-8-17/h3-6,15,17-18,23H,7-13H2,1-2H3. The lowest BCUT2D eigenvalue weighted by Gasteiger charge is -2.41. The highest BCUT2D eigenvalue weighted by Crippen LogP contribution is 2.27. The Morgan fingerprint density at radius 1 is 1.12 bits per heavy atom. The van der Waals surface area contributed by atoms with Crippen molar-refractivity contribution in [2.24, 2.45) is 5.92 Å². The van der Waals surface area contributed by atoms with E-state index in [-0.39, 0.29) is 23.8 Å². The van der Waals surface area contributed by atoms with E-state index in [9.17, 15) is 14.7 Å².